The van der Waals surface area contributed by atoms with Crippen LogP contribution in [-0.4, -0.2) is 19.3 Å². The van der Waals surface area contributed by atoms with Crippen LogP contribution in [0.25, 0.3) is 0 Å². The van der Waals surface area contributed by atoms with Gasteiger partial charge in [-0.15, -0.1) is 11.6 Å². The van der Waals surface area contributed by atoms with Crippen LogP contribution in [0.15, 0.2) is 24.3 Å². The standard InChI is InChI=1S/C13H15ClF3N/c14-9-10-1-3-12(4-2-10)18-7-5-11(6-8-18)13(15,16)17/h1-4,11H,5-9H2. The zero-order chi connectivity index (χ0) is 13.2. The molecule has 0 spiro atoms. The number of rotatable bonds is 2. The highest BCUT2D eigenvalue weighted by molar-refractivity contribution is 6.17. The van der Waals surface area contributed by atoms with E-state index in [9.17, 15) is 13.2 Å². The first-order chi connectivity index (χ1) is 8.50. The summed E-state index contributed by atoms with van der Waals surface area (Å²) in [6.07, 6.45) is -3.68. The Morgan fingerprint density at radius 3 is 2.11 bits per heavy atom. The van der Waals surface area contributed by atoms with Gasteiger partial charge < -0.3 is 4.90 Å². The summed E-state index contributed by atoms with van der Waals surface area (Å²) in [6, 6.07) is 7.67. The average molecular weight is 278 g/mol. The van der Waals surface area contributed by atoms with E-state index < -0.39 is 12.1 Å². The highest BCUT2D eigenvalue weighted by Gasteiger charge is 2.41. The molecule has 0 unspecified atom stereocenters. The van der Waals surface area contributed by atoms with E-state index in [1.807, 2.05) is 29.2 Å². The second-order valence-electron chi connectivity index (χ2n) is 4.60. The van der Waals surface area contributed by atoms with Crippen molar-refractivity contribution in [2.24, 2.45) is 5.92 Å². The van der Waals surface area contributed by atoms with Gasteiger partial charge in [0.15, 0.2) is 0 Å². The van der Waals surface area contributed by atoms with E-state index in [1.165, 1.54) is 0 Å². The summed E-state index contributed by atoms with van der Waals surface area (Å²) in [4.78, 5) is 2.00. The molecule has 1 fully saturated rings. The molecule has 0 saturated carbocycles. The van der Waals surface area contributed by atoms with Crippen LogP contribution < -0.4 is 4.90 Å². The van der Waals surface area contributed by atoms with Crippen molar-refractivity contribution in [1.82, 2.24) is 0 Å². The third-order valence-electron chi connectivity index (χ3n) is 3.41. The molecular formula is C13H15ClF3N. The molecule has 1 aliphatic heterocycles. The van der Waals surface area contributed by atoms with Crippen LogP contribution in [0.3, 0.4) is 0 Å². The lowest BCUT2D eigenvalue weighted by atomic mass is 9.96. The summed E-state index contributed by atoms with van der Waals surface area (Å²) in [6.45, 7) is 0.925. The minimum Gasteiger partial charge on any atom is -0.372 e. The monoisotopic (exact) mass is 277 g/mol. The smallest absolute Gasteiger partial charge is 0.372 e. The van der Waals surface area contributed by atoms with Crippen LogP contribution in [0.4, 0.5) is 18.9 Å². The summed E-state index contributed by atoms with van der Waals surface area (Å²) in [7, 11) is 0. The molecule has 0 bridgehead atoms. The summed E-state index contributed by atoms with van der Waals surface area (Å²) in [5, 5.41) is 0. The Bertz CT molecular complexity index is 380. The van der Waals surface area contributed by atoms with E-state index >= 15 is 0 Å². The van der Waals surface area contributed by atoms with Crippen molar-refractivity contribution >= 4 is 17.3 Å². The first kappa shape index (κ1) is 13.5. The maximum Gasteiger partial charge on any atom is 0.391 e. The van der Waals surface area contributed by atoms with Gasteiger partial charge >= 0.3 is 6.18 Å². The molecule has 0 aromatic heterocycles. The van der Waals surface area contributed by atoms with Gasteiger partial charge in [-0.1, -0.05) is 12.1 Å². The number of benzene rings is 1. The third-order valence-corrected chi connectivity index (χ3v) is 3.72. The van der Waals surface area contributed by atoms with Crippen molar-refractivity contribution in [3.63, 3.8) is 0 Å². The zero-order valence-electron chi connectivity index (χ0n) is 9.88. The molecule has 0 N–H and O–H groups in total. The summed E-state index contributed by atoms with van der Waals surface area (Å²) < 4.78 is 37.6. The first-order valence-corrected chi connectivity index (χ1v) is 6.50. The predicted octanol–water partition coefficient (Wildman–Crippen LogP) is 4.20. The molecule has 2 rings (SSSR count). The lowest BCUT2D eigenvalue weighted by molar-refractivity contribution is -0.179. The lowest BCUT2D eigenvalue weighted by Gasteiger charge is -2.34. The molecule has 1 aromatic carbocycles. The molecule has 1 saturated heterocycles. The van der Waals surface area contributed by atoms with E-state index in [2.05, 4.69) is 0 Å². The van der Waals surface area contributed by atoms with Crippen LogP contribution in [0.5, 0.6) is 0 Å². The Kier molecular flexibility index (Phi) is 4.05. The highest BCUT2D eigenvalue weighted by Crippen LogP contribution is 2.35. The van der Waals surface area contributed by atoms with Gasteiger partial charge in [-0.05, 0) is 30.5 Å². The van der Waals surface area contributed by atoms with Gasteiger partial charge in [-0.3, -0.25) is 0 Å². The molecule has 1 heterocycles. The highest BCUT2D eigenvalue weighted by atomic mass is 35.5. The quantitative estimate of drug-likeness (QED) is 0.732. The fraction of sp³-hybridized carbons (Fsp3) is 0.538. The summed E-state index contributed by atoms with van der Waals surface area (Å²) in [5.41, 5.74) is 2.00. The molecule has 0 atom stereocenters. The van der Waals surface area contributed by atoms with E-state index in [0.29, 0.717) is 19.0 Å². The van der Waals surface area contributed by atoms with E-state index in [-0.39, 0.29) is 12.8 Å². The Balaban J connectivity index is 1.96. The zero-order valence-corrected chi connectivity index (χ0v) is 10.6. The maximum absolute atomic E-state index is 12.5. The first-order valence-electron chi connectivity index (χ1n) is 5.97. The number of anilines is 1. The van der Waals surface area contributed by atoms with Crippen LogP contribution in [-0.2, 0) is 5.88 Å². The molecular weight excluding hydrogens is 263 g/mol. The number of piperidine rings is 1. The maximum atomic E-state index is 12.5. The molecule has 1 aromatic rings. The molecule has 1 nitrogen and oxygen atoms in total. The minimum atomic E-state index is -4.05. The predicted molar refractivity (Wildman–Crippen MR) is 67.0 cm³/mol. The van der Waals surface area contributed by atoms with Crippen molar-refractivity contribution in [2.75, 3.05) is 18.0 Å². The van der Waals surface area contributed by atoms with Crippen molar-refractivity contribution in [2.45, 2.75) is 24.9 Å². The fourth-order valence-corrected chi connectivity index (χ4v) is 2.44. The van der Waals surface area contributed by atoms with Crippen LogP contribution >= 0.6 is 11.6 Å². The molecule has 1 aliphatic rings. The molecule has 18 heavy (non-hydrogen) atoms. The number of alkyl halides is 4. The number of hydrogen-bond donors (Lipinski definition) is 0. The third kappa shape index (κ3) is 3.10. The Labute approximate surface area is 110 Å². The molecule has 0 aliphatic carbocycles. The van der Waals surface area contributed by atoms with Gasteiger partial charge in [-0.25, -0.2) is 0 Å². The van der Waals surface area contributed by atoms with Crippen molar-refractivity contribution < 1.29 is 13.2 Å². The normalized spacial score (nSPS) is 18.1. The Morgan fingerprint density at radius 1 is 1.11 bits per heavy atom. The largest absolute Gasteiger partial charge is 0.391 e. The van der Waals surface area contributed by atoms with Gasteiger partial charge in [0.25, 0.3) is 0 Å². The molecule has 5 heteroatoms. The molecule has 100 valence electrons. The van der Waals surface area contributed by atoms with Crippen molar-refractivity contribution in [3.05, 3.63) is 29.8 Å². The topological polar surface area (TPSA) is 3.24 Å². The molecule has 0 amide bonds. The van der Waals surface area contributed by atoms with E-state index in [4.69, 9.17) is 11.6 Å². The van der Waals surface area contributed by atoms with Crippen LogP contribution in [0.2, 0.25) is 0 Å². The minimum absolute atomic E-state index is 0.181. The van der Waals surface area contributed by atoms with E-state index in [1.54, 1.807) is 0 Å². The summed E-state index contributed by atoms with van der Waals surface area (Å²) in [5.74, 6) is -0.688. The van der Waals surface area contributed by atoms with Crippen LogP contribution in [0, 0.1) is 5.92 Å². The number of nitrogens with zero attached hydrogens (tertiary/aromatic N) is 1. The Morgan fingerprint density at radius 2 is 1.67 bits per heavy atom. The van der Waals surface area contributed by atoms with Crippen molar-refractivity contribution in [1.29, 1.82) is 0 Å². The number of halogens is 4. The second-order valence-corrected chi connectivity index (χ2v) is 4.87. The number of hydrogen-bond acceptors (Lipinski definition) is 1. The Hall–Kier alpha value is -0.900. The average Bonchev–Trinajstić information content (AvgIpc) is 2.38. The van der Waals surface area contributed by atoms with Crippen LogP contribution in [0.1, 0.15) is 18.4 Å². The van der Waals surface area contributed by atoms with Gasteiger partial charge in [0.1, 0.15) is 0 Å². The van der Waals surface area contributed by atoms with Crippen molar-refractivity contribution in [3.8, 4) is 0 Å². The summed E-state index contributed by atoms with van der Waals surface area (Å²) >= 11 is 5.70. The SMILES string of the molecule is FC(F)(F)C1CCN(c2ccc(CCl)cc2)CC1. The fourth-order valence-electron chi connectivity index (χ4n) is 2.26. The van der Waals surface area contributed by atoms with Gasteiger partial charge in [0.05, 0.1) is 5.92 Å². The van der Waals surface area contributed by atoms with Gasteiger partial charge in [0, 0.05) is 24.7 Å². The van der Waals surface area contributed by atoms with Gasteiger partial charge in [-0.2, -0.15) is 13.2 Å². The second kappa shape index (κ2) is 5.39. The van der Waals surface area contributed by atoms with E-state index in [0.717, 1.165) is 11.3 Å². The van der Waals surface area contributed by atoms with Gasteiger partial charge in [0.2, 0.25) is 0 Å². The lowest BCUT2D eigenvalue weighted by Crippen LogP contribution is -2.38. The molecule has 0 radical (unpaired) electrons.